The highest BCUT2D eigenvalue weighted by Crippen LogP contribution is 2.09. The Bertz CT molecular complexity index is 710. The Morgan fingerprint density at radius 3 is 3.00 bits per heavy atom. The molecular formula is C15H17N3OS. The summed E-state index contributed by atoms with van der Waals surface area (Å²) in [6, 6.07) is 6.97. The van der Waals surface area contributed by atoms with Crippen LogP contribution in [0.3, 0.4) is 0 Å². The van der Waals surface area contributed by atoms with Crippen LogP contribution in [0.25, 0.3) is 0 Å². The lowest BCUT2D eigenvalue weighted by Gasteiger charge is -1.98. The quantitative estimate of drug-likeness (QED) is 0.682. The minimum Gasteiger partial charge on any atom is -0.508 e. The SMILES string of the molecule is C=C(C)CN=c1scc(C)n1N=Cc1cccc(O)c1. The lowest BCUT2D eigenvalue weighted by atomic mass is 10.2. The van der Waals surface area contributed by atoms with Gasteiger partial charge < -0.3 is 5.11 Å². The van der Waals surface area contributed by atoms with E-state index in [1.165, 1.54) is 0 Å². The fourth-order valence-corrected chi connectivity index (χ4v) is 2.37. The van der Waals surface area contributed by atoms with Gasteiger partial charge in [-0.2, -0.15) is 5.10 Å². The molecule has 0 aliphatic rings. The molecule has 2 aromatic rings. The van der Waals surface area contributed by atoms with Crippen LogP contribution in [0, 0.1) is 6.92 Å². The lowest BCUT2D eigenvalue weighted by molar-refractivity contribution is 0.475. The van der Waals surface area contributed by atoms with Gasteiger partial charge in [-0.25, -0.2) is 4.68 Å². The van der Waals surface area contributed by atoms with Gasteiger partial charge in [-0.1, -0.05) is 24.3 Å². The first-order chi connectivity index (χ1) is 9.56. The zero-order chi connectivity index (χ0) is 14.5. The predicted molar refractivity (Wildman–Crippen MR) is 83.4 cm³/mol. The van der Waals surface area contributed by atoms with Crippen LogP contribution in [0.15, 0.2) is 51.9 Å². The molecule has 0 saturated carbocycles. The van der Waals surface area contributed by atoms with E-state index in [1.54, 1.807) is 40.4 Å². The maximum absolute atomic E-state index is 9.43. The van der Waals surface area contributed by atoms with Gasteiger partial charge in [-0.3, -0.25) is 4.99 Å². The van der Waals surface area contributed by atoms with Gasteiger partial charge in [0, 0.05) is 5.38 Å². The molecule has 104 valence electrons. The smallest absolute Gasteiger partial charge is 0.206 e. The van der Waals surface area contributed by atoms with Crippen molar-refractivity contribution in [2.45, 2.75) is 13.8 Å². The molecule has 0 fully saturated rings. The third kappa shape index (κ3) is 3.68. The van der Waals surface area contributed by atoms with Gasteiger partial charge in [-0.15, -0.1) is 11.3 Å². The first kappa shape index (κ1) is 14.3. The Morgan fingerprint density at radius 1 is 1.50 bits per heavy atom. The van der Waals surface area contributed by atoms with Crippen molar-refractivity contribution in [3.8, 4) is 5.75 Å². The van der Waals surface area contributed by atoms with E-state index in [2.05, 4.69) is 16.7 Å². The number of rotatable bonds is 4. The third-order valence-electron chi connectivity index (χ3n) is 2.53. The van der Waals surface area contributed by atoms with E-state index in [0.29, 0.717) is 6.54 Å². The molecule has 20 heavy (non-hydrogen) atoms. The zero-order valence-corrected chi connectivity index (χ0v) is 12.4. The van der Waals surface area contributed by atoms with Crippen LogP contribution in [0.5, 0.6) is 5.75 Å². The van der Waals surface area contributed by atoms with E-state index >= 15 is 0 Å². The number of hydrogen-bond donors (Lipinski definition) is 1. The Kier molecular flexibility index (Phi) is 4.53. The molecule has 0 atom stereocenters. The maximum atomic E-state index is 9.43. The second kappa shape index (κ2) is 6.34. The number of phenols is 1. The lowest BCUT2D eigenvalue weighted by Crippen LogP contribution is -2.12. The van der Waals surface area contributed by atoms with Crippen molar-refractivity contribution < 1.29 is 5.11 Å². The summed E-state index contributed by atoms with van der Waals surface area (Å²) in [4.78, 5) is 5.31. The van der Waals surface area contributed by atoms with Gasteiger partial charge in [-0.05, 0) is 31.5 Å². The molecule has 1 heterocycles. The van der Waals surface area contributed by atoms with Crippen molar-refractivity contribution in [3.63, 3.8) is 0 Å². The molecule has 4 nitrogen and oxygen atoms in total. The largest absolute Gasteiger partial charge is 0.508 e. The first-order valence-corrected chi connectivity index (χ1v) is 7.09. The fraction of sp³-hybridized carbons (Fsp3) is 0.200. The van der Waals surface area contributed by atoms with Crippen molar-refractivity contribution in [1.29, 1.82) is 0 Å². The minimum absolute atomic E-state index is 0.230. The average Bonchev–Trinajstić information content (AvgIpc) is 2.75. The summed E-state index contributed by atoms with van der Waals surface area (Å²) in [6.07, 6.45) is 1.71. The van der Waals surface area contributed by atoms with Gasteiger partial charge in [0.25, 0.3) is 0 Å². The molecule has 0 aliphatic carbocycles. The molecule has 0 radical (unpaired) electrons. The molecule has 5 heteroatoms. The molecule has 0 unspecified atom stereocenters. The Hall–Kier alpha value is -2.14. The van der Waals surface area contributed by atoms with Crippen LogP contribution in [0.1, 0.15) is 18.2 Å². The molecule has 0 bridgehead atoms. The van der Waals surface area contributed by atoms with E-state index < -0.39 is 0 Å². The molecule has 0 saturated heterocycles. The van der Waals surface area contributed by atoms with Crippen molar-refractivity contribution in [2.75, 3.05) is 6.54 Å². The van der Waals surface area contributed by atoms with E-state index in [1.807, 2.05) is 25.3 Å². The normalized spacial score (nSPS) is 12.2. The van der Waals surface area contributed by atoms with E-state index in [0.717, 1.165) is 21.6 Å². The number of hydrogen-bond acceptors (Lipinski definition) is 4. The Labute approximate surface area is 122 Å². The van der Waals surface area contributed by atoms with Crippen LogP contribution in [0.4, 0.5) is 0 Å². The van der Waals surface area contributed by atoms with Crippen molar-refractivity contribution in [2.24, 2.45) is 10.1 Å². The summed E-state index contributed by atoms with van der Waals surface area (Å²) in [5, 5.41) is 15.9. The molecule has 0 amide bonds. The van der Waals surface area contributed by atoms with Crippen LogP contribution in [-0.2, 0) is 0 Å². The number of thiazole rings is 1. The highest BCUT2D eigenvalue weighted by Gasteiger charge is 1.99. The highest BCUT2D eigenvalue weighted by molar-refractivity contribution is 7.07. The zero-order valence-electron chi connectivity index (χ0n) is 11.6. The first-order valence-electron chi connectivity index (χ1n) is 6.21. The number of benzene rings is 1. The second-order valence-electron chi connectivity index (χ2n) is 4.58. The molecule has 2 rings (SSSR count). The molecule has 0 aliphatic heterocycles. The standard InChI is InChI=1S/C15H17N3OS/c1-11(2)8-16-15-18(12(3)10-20-15)17-9-13-5-4-6-14(19)7-13/h4-7,9-10,19H,1,8H2,2-3H3. The van der Waals surface area contributed by atoms with Gasteiger partial charge >= 0.3 is 0 Å². The minimum atomic E-state index is 0.230. The summed E-state index contributed by atoms with van der Waals surface area (Å²) in [5.74, 6) is 0.230. The van der Waals surface area contributed by atoms with Crippen LogP contribution in [0.2, 0.25) is 0 Å². The Balaban J connectivity index is 2.31. The van der Waals surface area contributed by atoms with Crippen molar-refractivity contribution >= 4 is 17.6 Å². The number of aryl methyl sites for hydroxylation is 1. The summed E-state index contributed by atoms with van der Waals surface area (Å²) in [7, 11) is 0. The van der Waals surface area contributed by atoms with Crippen LogP contribution in [-0.4, -0.2) is 22.5 Å². The van der Waals surface area contributed by atoms with E-state index in [9.17, 15) is 5.11 Å². The van der Waals surface area contributed by atoms with Gasteiger partial charge in [0.2, 0.25) is 4.80 Å². The third-order valence-corrected chi connectivity index (χ3v) is 3.50. The highest BCUT2D eigenvalue weighted by atomic mass is 32.1. The maximum Gasteiger partial charge on any atom is 0.206 e. The number of aromatic hydroxyl groups is 1. The van der Waals surface area contributed by atoms with Crippen molar-refractivity contribution in [1.82, 2.24) is 4.68 Å². The molecule has 0 spiro atoms. The Morgan fingerprint density at radius 2 is 2.30 bits per heavy atom. The topological polar surface area (TPSA) is 49.9 Å². The summed E-state index contributed by atoms with van der Waals surface area (Å²) in [6.45, 7) is 8.38. The number of aromatic nitrogens is 1. The van der Waals surface area contributed by atoms with Gasteiger partial charge in [0.05, 0.1) is 18.5 Å². The van der Waals surface area contributed by atoms with Crippen LogP contribution < -0.4 is 4.80 Å². The van der Waals surface area contributed by atoms with E-state index in [-0.39, 0.29) is 5.75 Å². The summed E-state index contributed by atoms with van der Waals surface area (Å²) < 4.78 is 1.79. The fourth-order valence-electron chi connectivity index (χ4n) is 1.57. The van der Waals surface area contributed by atoms with Crippen molar-refractivity contribution in [3.05, 3.63) is 57.9 Å². The van der Waals surface area contributed by atoms with Gasteiger partial charge in [0.1, 0.15) is 5.75 Å². The van der Waals surface area contributed by atoms with Gasteiger partial charge in [0.15, 0.2) is 0 Å². The summed E-state index contributed by atoms with van der Waals surface area (Å²) >= 11 is 1.55. The summed E-state index contributed by atoms with van der Waals surface area (Å²) in [5.41, 5.74) is 2.88. The predicted octanol–water partition coefficient (Wildman–Crippen LogP) is 2.92. The second-order valence-corrected chi connectivity index (χ2v) is 5.42. The number of nitrogens with zero attached hydrogens (tertiary/aromatic N) is 3. The number of phenolic OH excluding ortho intramolecular Hbond substituents is 1. The monoisotopic (exact) mass is 287 g/mol. The molecule has 1 N–H and O–H groups in total. The average molecular weight is 287 g/mol. The van der Waals surface area contributed by atoms with E-state index in [4.69, 9.17) is 0 Å². The van der Waals surface area contributed by atoms with Crippen LogP contribution >= 0.6 is 11.3 Å². The molecule has 1 aromatic heterocycles. The molecule has 1 aromatic carbocycles. The molecular weight excluding hydrogens is 270 g/mol.